The summed E-state index contributed by atoms with van der Waals surface area (Å²) < 4.78 is 8.45. The van der Waals surface area contributed by atoms with Gasteiger partial charge in [0.1, 0.15) is 11.9 Å². The highest BCUT2D eigenvalue weighted by Crippen LogP contribution is 2.30. The molecular weight excluding hydrogens is 376 g/mol. The molecule has 0 aliphatic carbocycles. The van der Waals surface area contributed by atoms with E-state index in [0.29, 0.717) is 6.42 Å². The number of aryl methyl sites for hydroxylation is 1. The molecule has 1 unspecified atom stereocenters. The molecule has 2 N–H and O–H groups in total. The summed E-state index contributed by atoms with van der Waals surface area (Å²) in [5.41, 5.74) is 10.7. The molecule has 4 aromatic rings. The summed E-state index contributed by atoms with van der Waals surface area (Å²) in [6.07, 6.45) is 8.41. The molecule has 7 nitrogen and oxygen atoms in total. The largest absolute Gasteiger partial charge is 0.368 e. The molecule has 0 saturated carbocycles. The van der Waals surface area contributed by atoms with Crippen molar-refractivity contribution in [3.63, 3.8) is 0 Å². The minimum Gasteiger partial charge on any atom is -0.368 e. The Morgan fingerprint density at radius 2 is 1.73 bits per heavy atom. The molecule has 0 saturated heterocycles. The quantitative estimate of drug-likeness (QED) is 0.501. The van der Waals surface area contributed by atoms with E-state index in [9.17, 15) is 0 Å². The fourth-order valence-electron chi connectivity index (χ4n) is 3.52. The van der Waals surface area contributed by atoms with Crippen molar-refractivity contribution in [2.24, 2.45) is 0 Å². The van der Waals surface area contributed by atoms with Crippen LogP contribution in [0.2, 0.25) is 0 Å². The molecular formula is C23H26N6O. The molecule has 0 fully saturated rings. The van der Waals surface area contributed by atoms with E-state index < -0.39 is 0 Å². The van der Waals surface area contributed by atoms with Crippen molar-refractivity contribution < 1.29 is 4.74 Å². The zero-order valence-electron chi connectivity index (χ0n) is 17.5. The Bertz CT molecular complexity index is 1120. The zero-order valence-corrected chi connectivity index (χ0v) is 17.5. The number of hydrogen-bond donors (Lipinski definition) is 1. The standard InChI is InChI=1S/C23H26N6O/c1-4-16-5-7-18(8-6-16)29-20-14-25-10-9-19(20)28-22(29)21(30-15(2)3)11-17-12-26-23(24)27-13-17/h5-10,12-15,21H,4,11H2,1-3H3,(H2,24,26,27). The Hall–Kier alpha value is -3.32. The first kappa shape index (κ1) is 20.0. The topological polar surface area (TPSA) is 91.7 Å². The molecule has 3 heterocycles. The first-order chi connectivity index (χ1) is 14.5. The molecule has 0 spiro atoms. The van der Waals surface area contributed by atoms with Gasteiger partial charge in [0.2, 0.25) is 5.95 Å². The van der Waals surface area contributed by atoms with E-state index in [1.165, 1.54) is 5.56 Å². The van der Waals surface area contributed by atoms with Crippen LogP contribution in [0.15, 0.2) is 55.1 Å². The summed E-state index contributed by atoms with van der Waals surface area (Å²) in [7, 11) is 0. The number of ether oxygens (including phenoxy) is 1. The van der Waals surface area contributed by atoms with E-state index in [1.54, 1.807) is 18.6 Å². The third kappa shape index (κ3) is 4.16. The van der Waals surface area contributed by atoms with Gasteiger partial charge in [-0.2, -0.15) is 0 Å². The second kappa shape index (κ2) is 8.59. The summed E-state index contributed by atoms with van der Waals surface area (Å²) >= 11 is 0. The molecule has 0 aliphatic heterocycles. The third-order valence-corrected chi connectivity index (χ3v) is 4.96. The number of nitrogens with zero attached hydrogens (tertiary/aromatic N) is 5. The lowest BCUT2D eigenvalue weighted by molar-refractivity contribution is 0.00122. The van der Waals surface area contributed by atoms with Crippen LogP contribution < -0.4 is 5.73 Å². The van der Waals surface area contributed by atoms with Crippen molar-refractivity contribution in [2.75, 3.05) is 5.73 Å². The van der Waals surface area contributed by atoms with E-state index in [-0.39, 0.29) is 18.2 Å². The predicted octanol–water partition coefficient (Wildman–Crippen LogP) is 4.06. The molecule has 30 heavy (non-hydrogen) atoms. The van der Waals surface area contributed by atoms with Crippen molar-refractivity contribution in [2.45, 2.75) is 45.8 Å². The number of imidazole rings is 1. The van der Waals surface area contributed by atoms with Crippen LogP contribution >= 0.6 is 0 Å². The normalized spacial score (nSPS) is 12.5. The number of nitrogens with two attached hydrogens (primary N) is 1. The summed E-state index contributed by atoms with van der Waals surface area (Å²) in [4.78, 5) is 17.5. The van der Waals surface area contributed by atoms with Crippen molar-refractivity contribution >= 4 is 17.0 Å². The Labute approximate surface area is 176 Å². The third-order valence-electron chi connectivity index (χ3n) is 4.96. The molecule has 7 heteroatoms. The molecule has 1 atom stereocenters. The van der Waals surface area contributed by atoms with Gasteiger partial charge < -0.3 is 10.5 Å². The van der Waals surface area contributed by atoms with Crippen molar-refractivity contribution in [3.8, 4) is 5.69 Å². The maximum Gasteiger partial charge on any atom is 0.219 e. The van der Waals surface area contributed by atoms with Crippen LogP contribution in [0.3, 0.4) is 0 Å². The van der Waals surface area contributed by atoms with Gasteiger partial charge in [-0.1, -0.05) is 19.1 Å². The number of hydrogen-bond acceptors (Lipinski definition) is 6. The average molecular weight is 403 g/mol. The SMILES string of the molecule is CCc1ccc(-n2c(C(Cc3cnc(N)nc3)OC(C)C)nc3ccncc32)cc1. The molecule has 154 valence electrons. The lowest BCUT2D eigenvalue weighted by Crippen LogP contribution is -2.18. The minimum atomic E-state index is -0.282. The van der Waals surface area contributed by atoms with Gasteiger partial charge in [-0.3, -0.25) is 9.55 Å². The van der Waals surface area contributed by atoms with Crippen LogP contribution in [0.1, 0.15) is 43.8 Å². The van der Waals surface area contributed by atoms with Gasteiger partial charge >= 0.3 is 0 Å². The first-order valence-corrected chi connectivity index (χ1v) is 10.2. The summed E-state index contributed by atoms with van der Waals surface area (Å²) in [6.45, 7) is 6.20. The molecule has 0 amide bonds. The van der Waals surface area contributed by atoms with Crippen molar-refractivity contribution in [1.82, 2.24) is 24.5 Å². The number of rotatable bonds is 7. The minimum absolute atomic E-state index is 0.0264. The number of nitrogen functional groups attached to an aromatic ring is 1. The monoisotopic (exact) mass is 402 g/mol. The van der Waals surface area contributed by atoms with Crippen molar-refractivity contribution in [1.29, 1.82) is 0 Å². The van der Waals surface area contributed by atoms with Gasteiger partial charge in [0, 0.05) is 30.7 Å². The molecule has 0 aliphatic rings. The number of benzene rings is 1. The van der Waals surface area contributed by atoms with Gasteiger partial charge in [-0.25, -0.2) is 15.0 Å². The lowest BCUT2D eigenvalue weighted by Gasteiger charge is -2.21. The molecule has 4 rings (SSSR count). The van der Waals surface area contributed by atoms with Gasteiger partial charge in [-0.15, -0.1) is 0 Å². The van der Waals surface area contributed by atoms with E-state index in [0.717, 1.165) is 34.5 Å². The van der Waals surface area contributed by atoms with Gasteiger partial charge in [0.15, 0.2) is 0 Å². The lowest BCUT2D eigenvalue weighted by atomic mass is 10.1. The summed E-state index contributed by atoms with van der Waals surface area (Å²) in [6, 6.07) is 10.5. The van der Waals surface area contributed by atoms with Crippen molar-refractivity contribution in [3.05, 3.63) is 72.1 Å². The maximum atomic E-state index is 6.32. The molecule has 0 radical (unpaired) electrons. The number of fused-ring (bicyclic) bond motifs is 1. The van der Waals surface area contributed by atoms with Gasteiger partial charge in [-0.05, 0) is 49.6 Å². The van der Waals surface area contributed by atoms with Gasteiger partial charge in [0.25, 0.3) is 0 Å². The predicted molar refractivity (Wildman–Crippen MR) is 117 cm³/mol. The maximum absolute atomic E-state index is 6.32. The van der Waals surface area contributed by atoms with E-state index in [1.807, 2.05) is 26.1 Å². The highest BCUT2D eigenvalue weighted by atomic mass is 16.5. The molecule has 1 aromatic carbocycles. The van der Waals surface area contributed by atoms with E-state index in [4.69, 9.17) is 15.5 Å². The first-order valence-electron chi connectivity index (χ1n) is 10.2. The Kier molecular flexibility index (Phi) is 5.72. The Morgan fingerprint density at radius 3 is 2.40 bits per heavy atom. The van der Waals surface area contributed by atoms with E-state index in [2.05, 4.69) is 50.7 Å². The van der Waals surface area contributed by atoms with Crippen LogP contribution in [0.5, 0.6) is 0 Å². The Balaban J connectivity index is 1.83. The average Bonchev–Trinajstić information content (AvgIpc) is 3.14. The summed E-state index contributed by atoms with van der Waals surface area (Å²) in [5.74, 6) is 1.09. The second-order valence-corrected chi connectivity index (χ2v) is 7.52. The molecule has 0 bridgehead atoms. The fraction of sp³-hybridized carbons (Fsp3) is 0.304. The van der Waals surface area contributed by atoms with Gasteiger partial charge in [0.05, 0.1) is 23.3 Å². The smallest absolute Gasteiger partial charge is 0.219 e. The van der Waals surface area contributed by atoms with Crippen LogP contribution in [-0.4, -0.2) is 30.6 Å². The second-order valence-electron chi connectivity index (χ2n) is 7.52. The Morgan fingerprint density at radius 1 is 1.00 bits per heavy atom. The van der Waals surface area contributed by atoms with Crippen LogP contribution in [0.25, 0.3) is 16.7 Å². The highest BCUT2D eigenvalue weighted by molar-refractivity contribution is 5.77. The summed E-state index contributed by atoms with van der Waals surface area (Å²) in [5, 5.41) is 0. The number of anilines is 1. The highest BCUT2D eigenvalue weighted by Gasteiger charge is 2.24. The number of pyridine rings is 1. The fourth-order valence-corrected chi connectivity index (χ4v) is 3.52. The molecule has 3 aromatic heterocycles. The van der Waals surface area contributed by atoms with Crippen LogP contribution in [-0.2, 0) is 17.6 Å². The van der Waals surface area contributed by atoms with E-state index >= 15 is 0 Å². The zero-order chi connectivity index (χ0) is 21.1. The number of aromatic nitrogens is 5. The van der Waals surface area contributed by atoms with Crippen LogP contribution in [0, 0.1) is 0 Å². The van der Waals surface area contributed by atoms with Crippen LogP contribution in [0.4, 0.5) is 5.95 Å².